The van der Waals surface area contributed by atoms with E-state index in [0.29, 0.717) is 40.9 Å². The third-order valence-electron chi connectivity index (χ3n) is 6.21. The minimum Gasteiger partial charge on any atom is -0.504 e. The third-order valence-corrected chi connectivity index (χ3v) is 6.21. The van der Waals surface area contributed by atoms with Gasteiger partial charge >= 0.3 is 0 Å². The fourth-order valence-corrected chi connectivity index (χ4v) is 4.56. The highest BCUT2D eigenvalue weighted by Gasteiger charge is 2.34. The van der Waals surface area contributed by atoms with E-state index in [-0.39, 0.29) is 17.3 Å². The summed E-state index contributed by atoms with van der Waals surface area (Å²) >= 11 is 0. The first kappa shape index (κ1) is 20.8. The van der Waals surface area contributed by atoms with Gasteiger partial charge in [0.15, 0.2) is 23.1 Å². The maximum Gasteiger partial charge on any atom is 0.193 e. The van der Waals surface area contributed by atoms with Crippen molar-refractivity contribution < 1.29 is 19.4 Å². The van der Waals surface area contributed by atoms with E-state index in [1.807, 2.05) is 30.3 Å². The number of methoxy groups -OCH3 is 1. The van der Waals surface area contributed by atoms with E-state index in [2.05, 4.69) is 10.6 Å². The van der Waals surface area contributed by atoms with Crippen LogP contribution in [0.2, 0.25) is 0 Å². The molecule has 0 bridgehead atoms. The number of aromatic hydroxyl groups is 1. The molecule has 166 valence electrons. The number of anilines is 2. The summed E-state index contributed by atoms with van der Waals surface area (Å²) in [5.41, 5.74) is 4.63. The quantitative estimate of drug-likeness (QED) is 0.482. The monoisotopic (exact) mass is 440 g/mol. The van der Waals surface area contributed by atoms with Gasteiger partial charge in [0.05, 0.1) is 24.5 Å². The molecule has 0 spiro atoms. The summed E-state index contributed by atoms with van der Waals surface area (Å²) in [5, 5.41) is 17.7. The number of phenolic OH excluding ortho intramolecular Hbond substituents is 1. The summed E-state index contributed by atoms with van der Waals surface area (Å²) in [7, 11) is 1.50. The van der Waals surface area contributed by atoms with Gasteiger partial charge in [0.1, 0.15) is 0 Å². The summed E-state index contributed by atoms with van der Waals surface area (Å²) in [6.07, 6.45) is 1.91. The van der Waals surface area contributed by atoms with Crippen molar-refractivity contribution in [2.24, 2.45) is 0 Å². The summed E-state index contributed by atoms with van der Waals surface area (Å²) in [4.78, 5) is 26.0. The molecular formula is C27H24N2O4. The van der Waals surface area contributed by atoms with Crippen molar-refractivity contribution in [1.82, 2.24) is 0 Å². The largest absolute Gasteiger partial charge is 0.504 e. The lowest BCUT2D eigenvalue weighted by molar-refractivity contribution is -0.116. The number of para-hydroxylation sites is 1. The van der Waals surface area contributed by atoms with Crippen molar-refractivity contribution in [3.05, 3.63) is 94.7 Å². The fraction of sp³-hybridized carbons (Fsp3) is 0.185. The third kappa shape index (κ3) is 3.74. The second-order valence-corrected chi connectivity index (χ2v) is 8.22. The van der Waals surface area contributed by atoms with Gasteiger partial charge in [-0.3, -0.25) is 9.59 Å². The lowest BCUT2D eigenvalue weighted by Crippen LogP contribution is -2.23. The molecule has 3 aromatic carbocycles. The number of allylic oxidation sites excluding steroid dienone is 1. The summed E-state index contributed by atoms with van der Waals surface area (Å²) in [5.74, 6) is 0.320. The van der Waals surface area contributed by atoms with Gasteiger partial charge in [-0.25, -0.2) is 0 Å². The van der Waals surface area contributed by atoms with Crippen LogP contribution in [0.5, 0.6) is 11.5 Å². The molecule has 0 aromatic heterocycles. The van der Waals surface area contributed by atoms with Crippen molar-refractivity contribution in [2.75, 3.05) is 17.7 Å². The zero-order chi connectivity index (χ0) is 22.9. The van der Waals surface area contributed by atoms with Gasteiger partial charge in [-0.2, -0.15) is 0 Å². The molecule has 5 rings (SSSR count). The van der Waals surface area contributed by atoms with Crippen LogP contribution in [-0.4, -0.2) is 23.8 Å². The second-order valence-electron chi connectivity index (χ2n) is 8.22. The van der Waals surface area contributed by atoms with E-state index in [9.17, 15) is 14.7 Å². The number of benzene rings is 3. The van der Waals surface area contributed by atoms with Gasteiger partial charge in [0, 0.05) is 34.4 Å². The number of nitrogens with one attached hydrogen (secondary N) is 2. The maximum absolute atomic E-state index is 13.0. The fourth-order valence-electron chi connectivity index (χ4n) is 4.56. The molecule has 6 nitrogen and oxygen atoms in total. The van der Waals surface area contributed by atoms with Crippen LogP contribution in [0.25, 0.3) is 0 Å². The lowest BCUT2D eigenvalue weighted by atomic mass is 9.86. The number of ketones is 2. The van der Waals surface area contributed by atoms with E-state index >= 15 is 0 Å². The Labute approximate surface area is 191 Å². The highest BCUT2D eigenvalue weighted by molar-refractivity contribution is 6.10. The number of ether oxygens (including phenoxy) is 1. The number of Topliss-reactive ketones (excluding diaryl/α,β-unsaturated/α-hetero) is 1. The van der Waals surface area contributed by atoms with Gasteiger partial charge in [-0.1, -0.05) is 42.5 Å². The Morgan fingerprint density at radius 1 is 0.970 bits per heavy atom. The maximum atomic E-state index is 13.0. The Kier molecular flexibility index (Phi) is 5.34. The smallest absolute Gasteiger partial charge is 0.193 e. The first-order valence-electron chi connectivity index (χ1n) is 11.0. The Bertz CT molecular complexity index is 1280. The van der Waals surface area contributed by atoms with Crippen molar-refractivity contribution >= 4 is 22.9 Å². The van der Waals surface area contributed by atoms with E-state index in [1.165, 1.54) is 7.11 Å². The number of fused-ring (bicyclic) bond motifs is 1. The molecule has 1 atom stereocenters. The van der Waals surface area contributed by atoms with Crippen molar-refractivity contribution in [1.29, 1.82) is 0 Å². The minimum absolute atomic E-state index is 0.00190. The van der Waals surface area contributed by atoms with E-state index in [1.54, 1.807) is 36.4 Å². The van der Waals surface area contributed by atoms with Crippen LogP contribution in [0.15, 0.2) is 78.0 Å². The average molecular weight is 440 g/mol. The number of hydrogen-bond acceptors (Lipinski definition) is 6. The summed E-state index contributed by atoms with van der Waals surface area (Å²) in [6, 6.07) is 19.3. The molecule has 0 saturated carbocycles. The second kappa shape index (κ2) is 8.47. The van der Waals surface area contributed by atoms with E-state index < -0.39 is 6.04 Å². The number of rotatable bonds is 4. The normalized spacial score (nSPS) is 17.2. The van der Waals surface area contributed by atoms with Gasteiger partial charge in [0.25, 0.3) is 0 Å². The van der Waals surface area contributed by atoms with Gasteiger partial charge in [-0.15, -0.1) is 0 Å². The predicted octanol–water partition coefficient (Wildman–Crippen LogP) is 5.22. The molecule has 0 fully saturated rings. The van der Waals surface area contributed by atoms with Gasteiger partial charge in [-0.05, 0) is 37.1 Å². The Hall–Kier alpha value is -4.06. The number of carbonyl (C=O) groups is 2. The van der Waals surface area contributed by atoms with Crippen molar-refractivity contribution in [2.45, 2.75) is 25.3 Å². The molecule has 2 aliphatic rings. The molecule has 1 aliphatic heterocycles. The molecule has 33 heavy (non-hydrogen) atoms. The molecule has 0 saturated heterocycles. The predicted molar refractivity (Wildman–Crippen MR) is 127 cm³/mol. The van der Waals surface area contributed by atoms with Crippen LogP contribution >= 0.6 is 0 Å². The average Bonchev–Trinajstić information content (AvgIpc) is 3.01. The molecule has 0 radical (unpaired) electrons. The summed E-state index contributed by atoms with van der Waals surface area (Å²) < 4.78 is 5.29. The standard InChI is InChI=1S/C27H24N2O4/c1-33-23-12-5-9-18(27(23)32)25-24-20(10-6-11-22(24)30)28-21-15-17(13-14-19(21)29-25)26(31)16-7-3-2-4-8-16/h2-5,7-9,12-15,25,28-29,32H,6,10-11H2,1H3/t25-/m0/s1. The molecule has 0 unspecified atom stereocenters. The van der Waals surface area contributed by atoms with E-state index in [0.717, 1.165) is 23.5 Å². The highest BCUT2D eigenvalue weighted by Crippen LogP contribution is 2.44. The first-order valence-corrected chi connectivity index (χ1v) is 11.0. The number of carbonyl (C=O) groups excluding carboxylic acids is 2. The van der Waals surface area contributed by atoms with Crippen LogP contribution in [0, 0.1) is 0 Å². The van der Waals surface area contributed by atoms with E-state index in [4.69, 9.17) is 4.74 Å². The molecule has 3 N–H and O–H groups in total. The SMILES string of the molecule is COc1cccc([C@@H]2Nc3ccc(C(=O)c4ccccc4)cc3NC3=C2C(=O)CCC3)c1O. The number of hydrogen-bond donors (Lipinski definition) is 3. The lowest BCUT2D eigenvalue weighted by Gasteiger charge is -2.26. The van der Waals surface area contributed by atoms with Crippen LogP contribution in [0.1, 0.15) is 46.8 Å². The van der Waals surface area contributed by atoms with Crippen LogP contribution in [0.3, 0.4) is 0 Å². The Balaban J connectivity index is 1.61. The molecule has 3 aromatic rings. The first-order chi connectivity index (χ1) is 16.1. The Morgan fingerprint density at radius 2 is 1.79 bits per heavy atom. The van der Waals surface area contributed by atoms with Gasteiger partial charge in [0.2, 0.25) is 0 Å². The minimum atomic E-state index is -0.549. The van der Waals surface area contributed by atoms with Crippen LogP contribution in [0.4, 0.5) is 11.4 Å². The molecule has 1 heterocycles. The molecule has 1 aliphatic carbocycles. The summed E-state index contributed by atoms with van der Waals surface area (Å²) in [6.45, 7) is 0. The molecule has 6 heteroatoms. The topological polar surface area (TPSA) is 87.7 Å². The van der Waals surface area contributed by atoms with Crippen LogP contribution in [-0.2, 0) is 4.79 Å². The number of phenols is 1. The van der Waals surface area contributed by atoms with Crippen molar-refractivity contribution in [3.8, 4) is 11.5 Å². The zero-order valence-corrected chi connectivity index (χ0v) is 18.2. The highest BCUT2D eigenvalue weighted by atomic mass is 16.5. The van der Waals surface area contributed by atoms with Gasteiger partial charge < -0.3 is 20.5 Å². The zero-order valence-electron chi connectivity index (χ0n) is 18.2. The molecular weight excluding hydrogens is 416 g/mol. The molecule has 0 amide bonds. The Morgan fingerprint density at radius 3 is 2.58 bits per heavy atom. The van der Waals surface area contributed by atoms with Crippen molar-refractivity contribution in [3.63, 3.8) is 0 Å². The van der Waals surface area contributed by atoms with Crippen LogP contribution < -0.4 is 15.4 Å².